The third-order valence-electron chi connectivity index (χ3n) is 3.19. The van der Waals surface area contributed by atoms with E-state index >= 15 is 0 Å². The van der Waals surface area contributed by atoms with Crippen LogP contribution in [0.4, 0.5) is 0 Å². The number of likely N-dealkylation sites (N-methyl/N-ethyl adjacent to an activating group) is 1. The third kappa shape index (κ3) is 3.24. The molecule has 1 aromatic heterocycles. The lowest BCUT2D eigenvalue weighted by Crippen LogP contribution is -2.34. The smallest absolute Gasteiger partial charge is 0.231 e. The second-order valence-electron chi connectivity index (χ2n) is 4.82. The van der Waals surface area contributed by atoms with Gasteiger partial charge in [-0.2, -0.15) is 0 Å². The van der Waals surface area contributed by atoms with Crippen molar-refractivity contribution in [3.63, 3.8) is 0 Å². The predicted molar refractivity (Wildman–Crippen MR) is 76.0 cm³/mol. The van der Waals surface area contributed by atoms with E-state index in [1.54, 1.807) is 11.9 Å². The number of carbonyl (C=O) groups is 1. The average molecular weight is 273 g/mol. The number of amides is 1. The van der Waals surface area contributed by atoms with Gasteiger partial charge in [0.25, 0.3) is 0 Å². The second kappa shape index (κ2) is 6.34. The monoisotopic (exact) mass is 273 g/mol. The molecule has 1 atom stereocenters. The maximum Gasteiger partial charge on any atom is 0.231 e. The van der Waals surface area contributed by atoms with Gasteiger partial charge in [-0.15, -0.1) is 0 Å². The van der Waals surface area contributed by atoms with Crippen LogP contribution in [-0.4, -0.2) is 29.6 Å². The summed E-state index contributed by atoms with van der Waals surface area (Å²) < 4.78 is 5.00. The summed E-state index contributed by atoms with van der Waals surface area (Å²) in [5.74, 6) is 0.396. The molecule has 0 radical (unpaired) electrons. The Hall–Kier alpha value is -2.14. The SMILES string of the molecule is Cc1cc(CN(C)C(=O)C(CN)c2ccccc2)no1. The number of rotatable bonds is 5. The van der Waals surface area contributed by atoms with Gasteiger partial charge in [0.15, 0.2) is 0 Å². The molecule has 0 saturated heterocycles. The molecule has 0 aliphatic rings. The first-order valence-electron chi connectivity index (χ1n) is 6.54. The molecular weight excluding hydrogens is 254 g/mol. The summed E-state index contributed by atoms with van der Waals surface area (Å²) in [7, 11) is 1.75. The number of carbonyl (C=O) groups excluding carboxylic acids is 1. The zero-order chi connectivity index (χ0) is 14.5. The standard InChI is InChI=1S/C15H19N3O2/c1-11-8-13(17-20-11)10-18(2)15(19)14(9-16)12-6-4-3-5-7-12/h3-8,14H,9-10,16H2,1-2H3. The average Bonchev–Trinajstić information content (AvgIpc) is 2.86. The topological polar surface area (TPSA) is 72.4 Å². The molecule has 106 valence electrons. The Bertz CT molecular complexity index is 566. The minimum atomic E-state index is -0.325. The second-order valence-corrected chi connectivity index (χ2v) is 4.82. The molecule has 1 heterocycles. The van der Waals surface area contributed by atoms with Crippen LogP contribution >= 0.6 is 0 Å². The molecule has 1 aromatic carbocycles. The van der Waals surface area contributed by atoms with Gasteiger partial charge >= 0.3 is 0 Å². The van der Waals surface area contributed by atoms with E-state index in [1.165, 1.54) is 0 Å². The number of aromatic nitrogens is 1. The minimum absolute atomic E-state index is 0.0145. The van der Waals surface area contributed by atoms with Gasteiger partial charge in [0.1, 0.15) is 11.5 Å². The van der Waals surface area contributed by atoms with E-state index in [0.717, 1.165) is 17.0 Å². The first-order valence-corrected chi connectivity index (χ1v) is 6.54. The van der Waals surface area contributed by atoms with Crippen molar-refractivity contribution in [1.29, 1.82) is 0 Å². The van der Waals surface area contributed by atoms with Crippen molar-refractivity contribution < 1.29 is 9.32 Å². The van der Waals surface area contributed by atoms with Crippen molar-refractivity contribution in [2.75, 3.05) is 13.6 Å². The van der Waals surface area contributed by atoms with Crippen LogP contribution in [0.5, 0.6) is 0 Å². The summed E-state index contributed by atoms with van der Waals surface area (Å²) in [4.78, 5) is 14.1. The van der Waals surface area contributed by atoms with Crippen LogP contribution in [0.2, 0.25) is 0 Å². The molecule has 5 nitrogen and oxygen atoms in total. The Morgan fingerprint density at radius 2 is 2.10 bits per heavy atom. The van der Waals surface area contributed by atoms with Crippen LogP contribution in [0, 0.1) is 6.92 Å². The van der Waals surface area contributed by atoms with Crippen molar-refractivity contribution in [3.05, 3.63) is 53.4 Å². The number of nitrogens with two attached hydrogens (primary N) is 1. The van der Waals surface area contributed by atoms with Gasteiger partial charge < -0.3 is 15.2 Å². The first-order chi connectivity index (χ1) is 9.61. The Morgan fingerprint density at radius 1 is 1.40 bits per heavy atom. The number of hydrogen-bond donors (Lipinski definition) is 1. The largest absolute Gasteiger partial charge is 0.361 e. The lowest BCUT2D eigenvalue weighted by atomic mass is 9.98. The Labute approximate surface area is 118 Å². The maximum atomic E-state index is 12.5. The number of benzene rings is 1. The summed E-state index contributed by atoms with van der Waals surface area (Å²) in [6.45, 7) is 2.52. The number of hydrogen-bond acceptors (Lipinski definition) is 4. The van der Waals surface area contributed by atoms with Crippen molar-refractivity contribution >= 4 is 5.91 Å². The van der Waals surface area contributed by atoms with Crippen molar-refractivity contribution in [3.8, 4) is 0 Å². The van der Waals surface area contributed by atoms with E-state index in [9.17, 15) is 4.79 Å². The fourth-order valence-corrected chi connectivity index (χ4v) is 2.14. The molecule has 0 spiro atoms. The van der Waals surface area contributed by atoms with Crippen LogP contribution in [0.15, 0.2) is 40.9 Å². The van der Waals surface area contributed by atoms with Crippen LogP contribution in [0.3, 0.4) is 0 Å². The molecule has 0 bridgehead atoms. The zero-order valence-corrected chi connectivity index (χ0v) is 11.7. The van der Waals surface area contributed by atoms with E-state index in [1.807, 2.05) is 43.3 Å². The van der Waals surface area contributed by atoms with Crippen molar-refractivity contribution in [2.24, 2.45) is 5.73 Å². The van der Waals surface area contributed by atoms with E-state index < -0.39 is 0 Å². The van der Waals surface area contributed by atoms with Gasteiger partial charge in [-0.05, 0) is 12.5 Å². The van der Waals surface area contributed by atoms with Gasteiger partial charge in [-0.1, -0.05) is 35.5 Å². The highest BCUT2D eigenvalue weighted by Gasteiger charge is 2.23. The lowest BCUT2D eigenvalue weighted by molar-refractivity contribution is -0.131. The molecule has 2 aromatic rings. The van der Waals surface area contributed by atoms with Gasteiger partial charge in [-0.3, -0.25) is 4.79 Å². The normalized spacial score (nSPS) is 12.2. The Kier molecular flexibility index (Phi) is 4.53. The molecule has 1 amide bonds. The molecular formula is C15H19N3O2. The van der Waals surface area contributed by atoms with E-state index in [0.29, 0.717) is 6.54 Å². The molecule has 0 fully saturated rings. The van der Waals surface area contributed by atoms with Crippen LogP contribution in [0.25, 0.3) is 0 Å². The summed E-state index contributed by atoms with van der Waals surface area (Å²) in [6, 6.07) is 11.4. The number of nitrogens with zero attached hydrogens (tertiary/aromatic N) is 2. The van der Waals surface area contributed by atoms with Crippen molar-refractivity contribution in [1.82, 2.24) is 10.1 Å². The summed E-state index contributed by atoms with van der Waals surface area (Å²) in [5.41, 5.74) is 7.43. The Balaban J connectivity index is 2.08. The maximum absolute atomic E-state index is 12.5. The molecule has 0 aliphatic heterocycles. The highest BCUT2D eigenvalue weighted by Crippen LogP contribution is 2.17. The zero-order valence-electron chi connectivity index (χ0n) is 11.7. The highest BCUT2D eigenvalue weighted by molar-refractivity contribution is 5.83. The molecule has 5 heteroatoms. The van der Waals surface area contributed by atoms with Gasteiger partial charge in [0.2, 0.25) is 5.91 Å². The van der Waals surface area contributed by atoms with E-state index in [2.05, 4.69) is 5.16 Å². The van der Waals surface area contributed by atoms with E-state index in [4.69, 9.17) is 10.3 Å². The highest BCUT2D eigenvalue weighted by atomic mass is 16.5. The fraction of sp³-hybridized carbons (Fsp3) is 0.333. The summed E-state index contributed by atoms with van der Waals surface area (Å²) in [5, 5.41) is 3.90. The van der Waals surface area contributed by atoms with Crippen LogP contribution < -0.4 is 5.73 Å². The van der Waals surface area contributed by atoms with Crippen LogP contribution in [0.1, 0.15) is 22.9 Å². The van der Waals surface area contributed by atoms with Crippen LogP contribution in [-0.2, 0) is 11.3 Å². The molecule has 2 N–H and O–H groups in total. The Morgan fingerprint density at radius 3 is 2.65 bits per heavy atom. The lowest BCUT2D eigenvalue weighted by Gasteiger charge is -2.22. The molecule has 1 unspecified atom stereocenters. The minimum Gasteiger partial charge on any atom is -0.361 e. The van der Waals surface area contributed by atoms with Crippen molar-refractivity contribution in [2.45, 2.75) is 19.4 Å². The van der Waals surface area contributed by atoms with E-state index in [-0.39, 0.29) is 18.4 Å². The molecule has 0 aliphatic carbocycles. The van der Waals surface area contributed by atoms with Gasteiger partial charge in [-0.25, -0.2) is 0 Å². The summed E-state index contributed by atoms with van der Waals surface area (Å²) in [6.07, 6.45) is 0. The molecule has 2 rings (SSSR count). The summed E-state index contributed by atoms with van der Waals surface area (Å²) >= 11 is 0. The predicted octanol–water partition coefficient (Wildman–Crippen LogP) is 1.68. The molecule has 20 heavy (non-hydrogen) atoms. The number of aryl methyl sites for hydroxylation is 1. The quantitative estimate of drug-likeness (QED) is 0.899. The molecule has 0 saturated carbocycles. The van der Waals surface area contributed by atoms with Gasteiger partial charge in [0.05, 0.1) is 12.5 Å². The first kappa shape index (κ1) is 14.3. The third-order valence-corrected chi connectivity index (χ3v) is 3.19. The van der Waals surface area contributed by atoms with Gasteiger partial charge in [0, 0.05) is 19.7 Å². The fourth-order valence-electron chi connectivity index (χ4n) is 2.14.